The van der Waals surface area contributed by atoms with Gasteiger partial charge in [-0.15, -0.1) is 6.58 Å². The second-order valence-corrected chi connectivity index (χ2v) is 16.5. The quantitative estimate of drug-likeness (QED) is 0.0455. The molecule has 11 nitrogen and oxygen atoms in total. The second kappa shape index (κ2) is 21.1. The molecule has 0 aromatic heterocycles. The lowest BCUT2D eigenvalue weighted by atomic mass is 9.55. The average Bonchev–Trinajstić information content (AvgIpc) is 3.30. The zero-order valence-corrected chi connectivity index (χ0v) is 36.0. The summed E-state index contributed by atoms with van der Waals surface area (Å²) in [5.41, 5.74) is 4.06. The van der Waals surface area contributed by atoms with Crippen LogP contribution in [0.5, 0.6) is 11.5 Å². The van der Waals surface area contributed by atoms with Crippen molar-refractivity contribution in [1.29, 1.82) is 0 Å². The SMILES string of the molecule is C=CCOC12Oc3ccc(OC(=O)NCc4ccccc4)cc3C3C(CCCCO)C(CCCCO)C=C(C(=NOCC)CC1N(CCC)C(=O)c1ccc4ccccc4c1)C32. The summed E-state index contributed by atoms with van der Waals surface area (Å²) in [6.07, 6.45) is 8.97. The monoisotopic (exact) mass is 843 g/mol. The topological polar surface area (TPSA) is 139 Å². The molecule has 1 aliphatic heterocycles. The summed E-state index contributed by atoms with van der Waals surface area (Å²) in [6, 6.07) is 28.4. The van der Waals surface area contributed by atoms with Gasteiger partial charge >= 0.3 is 6.09 Å². The van der Waals surface area contributed by atoms with Gasteiger partial charge in [0.15, 0.2) is 0 Å². The molecule has 0 radical (unpaired) electrons. The van der Waals surface area contributed by atoms with E-state index in [9.17, 15) is 15.0 Å². The smallest absolute Gasteiger partial charge is 0.412 e. The largest absolute Gasteiger partial charge is 0.459 e. The Morgan fingerprint density at radius 3 is 2.44 bits per heavy atom. The van der Waals surface area contributed by atoms with E-state index in [4.69, 9.17) is 24.2 Å². The molecule has 0 bridgehead atoms. The van der Waals surface area contributed by atoms with Crippen LogP contribution in [0.3, 0.4) is 0 Å². The molecule has 6 atom stereocenters. The van der Waals surface area contributed by atoms with Gasteiger partial charge in [0.1, 0.15) is 24.1 Å². The highest BCUT2D eigenvalue weighted by Crippen LogP contribution is 2.62. The number of aliphatic hydroxyl groups is 2. The Kier molecular flexibility index (Phi) is 15.1. The summed E-state index contributed by atoms with van der Waals surface area (Å²) in [7, 11) is 0. The first-order valence-electron chi connectivity index (χ1n) is 22.3. The summed E-state index contributed by atoms with van der Waals surface area (Å²) >= 11 is 0. The second-order valence-electron chi connectivity index (χ2n) is 16.5. The summed E-state index contributed by atoms with van der Waals surface area (Å²) in [5.74, 6) is -1.24. The Labute approximate surface area is 365 Å². The zero-order valence-electron chi connectivity index (χ0n) is 36.0. The highest BCUT2D eigenvalue weighted by Gasteiger charge is 2.65. The normalized spacial score (nSPS) is 23.1. The van der Waals surface area contributed by atoms with Crippen LogP contribution < -0.4 is 14.8 Å². The molecule has 2 amide bonds. The van der Waals surface area contributed by atoms with E-state index in [2.05, 4.69) is 24.9 Å². The van der Waals surface area contributed by atoms with Crippen LogP contribution in [-0.2, 0) is 16.1 Å². The van der Waals surface area contributed by atoms with Gasteiger partial charge in [-0.2, -0.15) is 0 Å². The van der Waals surface area contributed by atoms with Crippen LogP contribution in [0, 0.1) is 17.8 Å². The third-order valence-corrected chi connectivity index (χ3v) is 12.5. The number of ether oxygens (including phenoxy) is 3. The fraction of sp³-hybridized carbons (Fsp3) is 0.431. The Hall–Kier alpha value is -5.49. The van der Waals surface area contributed by atoms with Crippen LogP contribution in [-0.4, -0.2) is 77.6 Å². The Morgan fingerprint density at radius 1 is 0.935 bits per heavy atom. The molecule has 4 aromatic rings. The Morgan fingerprint density at radius 2 is 1.69 bits per heavy atom. The molecule has 4 aromatic carbocycles. The van der Waals surface area contributed by atoms with Gasteiger partial charge in [0, 0.05) is 49.8 Å². The van der Waals surface area contributed by atoms with Crippen LogP contribution in [0.25, 0.3) is 10.8 Å². The highest BCUT2D eigenvalue weighted by molar-refractivity contribution is 6.04. The molecule has 7 rings (SSSR count). The highest BCUT2D eigenvalue weighted by atomic mass is 16.7. The first-order valence-corrected chi connectivity index (χ1v) is 22.3. The maximum atomic E-state index is 15.1. The van der Waals surface area contributed by atoms with Crippen LogP contribution >= 0.6 is 0 Å². The minimum Gasteiger partial charge on any atom is -0.459 e. The number of carbonyl (C=O) groups excluding carboxylic acids is 2. The number of benzene rings is 4. The third kappa shape index (κ3) is 9.60. The van der Waals surface area contributed by atoms with Gasteiger partial charge in [-0.3, -0.25) is 4.79 Å². The predicted molar refractivity (Wildman–Crippen MR) is 241 cm³/mol. The van der Waals surface area contributed by atoms with Gasteiger partial charge in [-0.05, 0) is 103 Å². The predicted octanol–water partition coefficient (Wildman–Crippen LogP) is 9.33. The third-order valence-electron chi connectivity index (χ3n) is 12.5. The molecule has 1 saturated carbocycles. The van der Waals surface area contributed by atoms with Crippen LogP contribution in [0.2, 0.25) is 0 Å². The summed E-state index contributed by atoms with van der Waals surface area (Å²) in [5, 5.41) is 29.5. The van der Waals surface area contributed by atoms with Crippen molar-refractivity contribution in [3.8, 4) is 11.5 Å². The van der Waals surface area contributed by atoms with Crippen LogP contribution in [0.4, 0.5) is 4.79 Å². The van der Waals surface area contributed by atoms with Crippen molar-refractivity contribution >= 4 is 28.5 Å². The molecule has 0 saturated heterocycles. The van der Waals surface area contributed by atoms with E-state index in [1.807, 2.05) is 96.8 Å². The number of oxime groups is 1. The number of nitrogens with zero attached hydrogens (tertiary/aromatic N) is 2. The Balaban J connectivity index is 1.39. The number of hydrogen-bond acceptors (Lipinski definition) is 9. The number of amides is 2. The number of carbonyl (C=O) groups is 2. The molecule has 328 valence electrons. The fourth-order valence-corrected chi connectivity index (χ4v) is 9.90. The van der Waals surface area contributed by atoms with Crippen molar-refractivity contribution in [3.63, 3.8) is 0 Å². The van der Waals surface area contributed by atoms with E-state index >= 15 is 4.79 Å². The van der Waals surface area contributed by atoms with Crippen molar-refractivity contribution in [1.82, 2.24) is 10.2 Å². The number of fused-ring (bicyclic) bond motifs is 3. The zero-order chi connectivity index (χ0) is 43.5. The van der Waals surface area contributed by atoms with E-state index in [1.165, 1.54) is 0 Å². The van der Waals surface area contributed by atoms with Crippen molar-refractivity contribution in [2.75, 3.05) is 33.0 Å². The van der Waals surface area contributed by atoms with Crippen molar-refractivity contribution in [2.45, 2.75) is 89.5 Å². The van der Waals surface area contributed by atoms with Gasteiger partial charge in [0.2, 0.25) is 5.79 Å². The minimum absolute atomic E-state index is 0.0217. The van der Waals surface area contributed by atoms with Gasteiger partial charge in [0.05, 0.1) is 18.2 Å². The molecule has 3 aliphatic rings. The number of allylic oxidation sites excluding steroid dienone is 1. The molecule has 1 fully saturated rings. The van der Waals surface area contributed by atoms with E-state index in [-0.39, 0.29) is 43.5 Å². The number of hydrogen-bond donors (Lipinski definition) is 3. The molecule has 0 spiro atoms. The first kappa shape index (κ1) is 44.6. The number of rotatable bonds is 20. The van der Waals surface area contributed by atoms with E-state index in [1.54, 1.807) is 12.1 Å². The standard InChI is InChI=1S/C51H61N3O8/c1-4-26-54(49(57)39-23-22-36-18-10-11-19-37(36)30-39)46-33-44(53-60-6-3)42-31-38(20-12-14-27-55)41(21-13-15-28-56)47-43-32-40(61-50(58)52-34-35-16-8-7-9-17-35)24-25-45(43)62-51(46,48(42)47)59-29-5-2/h5,7-11,16-19,22-25,30-32,38,41,46-48,55-56H,2,4,6,12-15,20-21,26-29,33-34H2,1,3H3,(H,52,58). The van der Waals surface area contributed by atoms with E-state index in [0.29, 0.717) is 62.4 Å². The number of nitrogens with one attached hydrogen (secondary N) is 1. The Bertz CT molecular complexity index is 2230. The van der Waals surface area contributed by atoms with Gasteiger partial charge in [-0.25, -0.2) is 4.79 Å². The molecule has 1 heterocycles. The molecule has 62 heavy (non-hydrogen) atoms. The lowest BCUT2D eigenvalue weighted by Gasteiger charge is -2.60. The van der Waals surface area contributed by atoms with Crippen molar-refractivity contribution < 1.29 is 38.9 Å². The molecule has 2 aliphatic carbocycles. The lowest BCUT2D eigenvalue weighted by molar-refractivity contribution is -0.254. The molecular weight excluding hydrogens is 783 g/mol. The maximum Gasteiger partial charge on any atom is 0.412 e. The minimum atomic E-state index is -1.40. The van der Waals surface area contributed by atoms with Gasteiger partial charge in [-0.1, -0.05) is 97.7 Å². The number of unbranched alkanes of at least 4 members (excludes halogenated alkanes) is 2. The lowest BCUT2D eigenvalue weighted by Crippen LogP contribution is -2.70. The first-order chi connectivity index (χ1) is 30.3. The van der Waals surface area contributed by atoms with Crippen molar-refractivity contribution in [3.05, 3.63) is 132 Å². The average molecular weight is 844 g/mol. The van der Waals surface area contributed by atoms with Crippen LogP contribution in [0.1, 0.15) is 92.6 Å². The molecule has 3 N–H and O–H groups in total. The van der Waals surface area contributed by atoms with Crippen LogP contribution in [0.15, 0.2) is 120 Å². The molecule has 6 unspecified atom stereocenters. The number of aliphatic hydroxyl groups excluding tert-OH is 2. The fourth-order valence-electron chi connectivity index (χ4n) is 9.90. The summed E-state index contributed by atoms with van der Waals surface area (Å²) in [4.78, 5) is 36.2. The molecule has 11 heteroatoms. The van der Waals surface area contributed by atoms with E-state index in [0.717, 1.165) is 58.9 Å². The molecular formula is C51H61N3O8. The van der Waals surface area contributed by atoms with Gasteiger partial charge < -0.3 is 39.5 Å². The summed E-state index contributed by atoms with van der Waals surface area (Å²) < 4.78 is 20.4. The van der Waals surface area contributed by atoms with E-state index < -0.39 is 23.8 Å². The maximum absolute atomic E-state index is 15.1. The van der Waals surface area contributed by atoms with Gasteiger partial charge in [0.25, 0.3) is 5.91 Å². The summed E-state index contributed by atoms with van der Waals surface area (Å²) in [6.45, 7) is 9.45. The van der Waals surface area contributed by atoms with Crippen molar-refractivity contribution in [2.24, 2.45) is 22.9 Å².